The molecule has 0 bridgehead atoms. The molecule has 0 amide bonds. The predicted molar refractivity (Wildman–Crippen MR) is 109 cm³/mol. The van der Waals surface area contributed by atoms with Gasteiger partial charge in [0.05, 0.1) is 39.7 Å². The van der Waals surface area contributed by atoms with E-state index in [4.69, 9.17) is 18.9 Å². The number of carbonyl (C=O) groups is 1. The Kier molecular flexibility index (Phi) is 6.98. The number of aromatic carboxylic acids is 1. The Labute approximate surface area is 165 Å². The monoisotopic (exact) mass is 389 g/mol. The molecule has 0 atom stereocenters. The van der Waals surface area contributed by atoms with Crippen LogP contribution in [-0.2, 0) is 0 Å². The molecule has 0 saturated heterocycles. The molecule has 2 aromatic carbocycles. The van der Waals surface area contributed by atoms with Crippen LogP contribution in [0.15, 0.2) is 24.3 Å². The number of ether oxygens (including phenoxy) is 4. The largest absolute Gasteiger partial charge is 0.493 e. The summed E-state index contributed by atoms with van der Waals surface area (Å²) in [6, 6.07) is 6.97. The average Bonchev–Trinajstić information content (AvgIpc) is 2.72. The Morgan fingerprint density at radius 3 is 1.96 bits per heavy atom. The number of rotatable bonds is 9. The van der Waals surface area contributed by atoms with Gasteiger partial charge in [-0.15, -0.1) is 0 Å². The Morgan fingerprint density at radius 2 is 1.50 bits per heavy atom. The molecule has 152 valence electrons. The Bertz CT molecular complexity index is 845. The summed E-state index contributed by atoms with van der Waals surface area (Å²) in [6.45, 7) is 5.19. The van der Waals surface area contributed by atoms with Crippen LogP contribution in [0.4, 0.5) is 5.69 Å². The summed E-state index contributed by atoms with van der Waals surface area (Å²) in [4.78, 5) is 14.0. The minimum atomic E-state index is -1.04. The lowest BCUT2D eigenvalue weighted by atomic mass is 9.98. The van der Waals surface area contributed by atoms with Gasteiger partial charge in [0.1, 0.15) is 0 Å². The third kappa shape index (κ3) is 3.78. The van der Waals surface area contributed by atoms with E-state index in [1.807, 2.05) is 24.8 Å². The van der Waals surface area contributed by atoms with E-state index in [1.54, 1.807) is 32.4 Å². The van der Waals surface area contributed by atoms with E-state index in [0.29, 0.717) is 47.3 Å². The quantitative estimate of drug-likeness (QED) is 0.696. The van der Waals surface area contributed by atoms with Crippen molar-refractivity contribution in [3.05, 3.63) is 29.8 Å². The molecule has 0 saturated carbocycles. The highest BCUT2D eigenvalue weighted by Gasteiger charge is 2.27. The van der Waals surface area contributed by atoms with Crippen molar-refractivity contribution < 1.29 is 28.8 Å². The summed E-state index contributed by atoms with van der Waals surface area (Å²) in [7, 11) is 6.15. The van der Waals surface area contributed by atoms with Crippen molar-refractivity contribution in [3.63, 3.8) is 0 Å². The number of hydrogen-bond donors (Lipinski definition) is 1. The number of methoxy groups -OCH3 is 4. The number of carboxylic acid groups (broad SMARTS) is 1. The van der Waals surface area contributed by atoms with E-state index in [9.17, 15) is 9.90 Å². The molecule has 7 nitrogen and oxygen atoms in total. The van der Waals surface area contributed by atoms with Crippen LogP contribution in [0.25, 0.3) is 11.1 Å². The maximum atomic E-state index is 12.1. The van der Waals surface area contributed by atoms with Crippen molar-refractivity contribution >= 4 is 11.7 Å². The molecule has 2 aromatic rings. The average molecular weight is 389 g/mol. The number of carboxylic acids is 1. The molecule has 0 aromatic heterocycles. The van der Waals surface area contributed by atoms with Crippen LogP contribution in [0.5, 0.6) is 23.0 Å². The smallest absolute Gasteiger partial charge is 0.337 e. The normalized spacial score (nSPS) is 10.4. The lowest BCUT2D eigenvalue weighted by Gasteiger charge is -2.27. The second-order valence-corrected chi connectivity index (χ2v) is 5.93. The van der Waals surface area contributed by atoms with Crippen molar-refractivity contribution in [1.82, 2.24) is 0 Å². The number of anilines is 1. The van der Waals surface area contributed by atoms with Crippen LogP contribution in [0.2, 0.25) is 0 Å². The van der Waals surface area contributed by atoms with Gasteiger partial charge in [0.2, 0.25) is 0 Å². The summed E-state index contributed by atoms with van der Waals surface area (Å²) < 4.78 is 21.9. The van der Waals surface area contributed by atoms with Crippen LogP contribution in [0.1, 0.15) is 24.2 Å². The zero-order valence-electron chi connectivity index (χ0n) is 17.2. The second kappa shape index (κ2) is 9.21. The lowest BCUT2D eigenvalue weighted by Crippen LogP contribution is -2.25. The van der Waals surface area contributed by atoms with Crippen LogP contribution in [-0.4, -0.2) is 52.6 Å². The third-order valence-electron chi connectivity index (χ3n) is 4.62. The van der Waals surface area contributed by atoms with Crippen LogP contribution >= 0.6 is 0 Å². The maximum absolute atomic E-state index is 12.1. The predicted octanol–water partition coefficient (Wildman–Crippen LogP) is 3.93. The second-order valence-electron chi connectivity index (χ2n) is 5.93. The van der Waals surface area contributed by atoms with Gasteiger partial charge in [-0.1, -0.05) is 6.07 Å². The fourth-order valence-electron chi connectivity index (χ4n) is 3.26. The minimum Gasteiger partial charge on any atom is -0.493 e. The molecule has 1 N–H and O–H groups in total. The zero-order chi connectivity index (χ0) is 20.8. The molecule has 7 heteroatoms. The van der Waals surface area contributed by atoms with Crippen molar-refractivity contribution in [2.75, 3.05) is 46.4 Å². The van der Waals surface area contributed by atoms with Gasteiger partial charge in [-0.05, 0) is 37.6 Å². The molecular formula is C21H27NO6. The van der Waals surface area contributed by atoms with E-state index >= 15 is 0 Å². The lowest BCUT2D eigenvalue weighted by molar-refractivity contribution is 0.0697. The summed E-state index contributed by atoms with van der Waals surface area (Å²) in [6.07, 6.45) is 0. The molecule has 0 aliphatic heterocycles. The Morgan fingerprint density at radius 1 is 0.893 bits per heavy atom. The topological polar surface area (TPSA) is 77.5 Å². The van der Waals surface area contributed by atoms with E-state index in [2.05, 4.69) is 0 Å². The van der Waals surface area contributed by atoms with E-state index in [1.165, 1.54) is 14.2 Å². The molecule has 0 radical (unpaired) electrons. The molecule has 0 aliphatic rings. The van der Waals surface area contributed by atoms with Gasteiger partial charge in [-0.2, -0.15) is 0 Å². The molecule has 0 aliphatic carbocycles. The molecule has 0 heterocycles. The zero-order valence-corrected chi connectivity index (χ0v) is 17.2. The van der Waals surface area contributed by atoms with Gasteiger partial charge in [-0.25, -0.2) is 4.79 Å². The highest BCUT2D eigenvalue weighted by atomic mass is 16.5. The van der Waals surface area contributed by atoms with Crippen molar-refractivity contribution in [1.29, 1.82) is 0 Å². The number of nitrogens with zero attached hydrogens (tertiary/aromatic N) is 1. The van der Waals surface area contributed by atoms with Crippen LogP contribution in [0.3, 0.4) is 0 Å². The first-order chi connectivity index (χ1) is 13.5. The first-order valence-electron chi connectivity index (χ1n) is 8.96. The molecule has 0 fully saturated rings. The molecule has 2 rings (SSSR count). The first-order valence-corrected chi connectivity index (χ1v) is 8.96. The van der Waals surface area contributed by atoms with Gasteiger partial charge in [-0.3, -0.25) is 0 Å². The summed E-state index contributed by atoms with van der Waals surface area (Å²) >= 11 is 0. The van der Waals surface area contributed by atoms with Crippen molar-refractivity contribution in [2.45, 2.75) is 13.8 Å². The van der Waals surface area contributed by atoms with Crippen molar-refractivity contribution in [2.24, 2.45) is 0 Å². The van der Waals surface area contributed by atoms with E-state index < -0.39 is 5.97 Å². The van der Waals surface area contributed by atoms with Crippen molar-refractivity contribution in [3.8, 4) is 34.1 Å². The van der Waals surface area contributed by atoms with Gasteiger partial charge in [0.25, 0.3) is 0 Å². The summed E-state index contributed by atoms with van der Waals surface area (Å²) in [5, 5.41) is 9.88. The van der Waals surface area contributed by atoms with Crippen LogP contribution < -0.4 is 23.8 Å². The number of benzene rings is 2. The van der Waals surface area contributed by atoms with Gasteiger partial charge >= 0.3 is 5.97 Å². The van der Waals surface area contributed by atoms with Crippen LogP contribution in [0, 0.1) is 0 Å². The summed E-state index contributed by atoms with van der Waals surface area (Å²) in [5.41, 5.74) is 1.96. The fraction of sp³-hybridized carbons (Fsp3) is 0.381. The first kappa shape index (κ1) is 21.2. The van der Waals surface area contributed by atoms with E-state index in [0.717, 1.165) is 5.56 Å². The van der Waals surface area contributed by atoms with Gasteiger partial charge in [0, 0.05) is 18.7 Å². The van der Waals surface area contributed by atoms with Gasteiger partial charge in [0.15, 0.2) is 23.0 Å². The minimum absolute atomic E-state index is 0.145. The Balaban J connectivity index is 2.86. The highest BCUT2D eigenvalue weighted by molar-refractivity contribution is 6.00. The molecule has 28 heavy (non-hydrogen) atoms. The van der Waals surface area contributed by atoms with Gasteiger partial charge < -0.3 is 29.0 Å². The standard InChI is InChI=1S/C21H27NO6/c1-7-22(8-2)18-15(21(23)24)12-14(19(27-5)20(18)28-6)13-9-10-16(25-3)17(11-13)26-4/h9-12H,7-8H2,1-6H3,(H,23,24). The molecule has 0 unspecified atom stereocenters. The number of hydrogen-bond acceptors (Lipinski definition) is 6. The highest BCUT2D eigenvalue weighted by Crippen LogP contribution is 2.48. The third-order valence-corrected chi connectivity index (χ3v) is 4.62. The molecule has 0 spiro atoms. The summed E-state index contributed by atoms with van der Waals surface area (Å²) in [5.74, 6) is 0.920. The Hall–Kier alpha value is -3.09. The SMILES string of the molecule is CCN(CC)c1c(C(=O)O)cc(-c2ccc(OC)c(OC)c2)c(OC)c1OC. The fourth-order valence-corrected chi connectivity index (χ4v) is 3.26. The molecular weight excluding hydrogens is 362 g/mol. The maximum Gasteiger partial charge on any atom is 0.337 e. The van der Waals surface area contributed by atoms with E-state index in [-0.39, 0.29) is 5.56 Å².